The second-order valence-electron chi connectivity index (χ2n) is 4.33. The molecule has 0 saturated carbocycles. The lowest BCUT2D eigenvalue weighted by Gasteiger charge is -2.14. The number of anilines is 2. The fourth-order valence-corrected chi connectivity index (χ4v) is 2.12. The van der Waals surface area contributed by atoms with Gasteiger partial charge in [-0.3, -0.25) is 0 Å². The second kappa shape index (κ2) is 6.75. The Balaban J connectivity index is 2.19. The van der Waals surface area contributed by atoms with Gasteiger partial charge in [0.15, 0.2) is 11.6 Å². The number of nitrogens with zero attached hydrogens (tertiary/aromatic N) is 2. The zero-order chi connectivity index (χ0) is 14.4. The van der Waals surface area contributed by atoms with E-state index in [4.69, 9.17) is 4.74 Å². The van der Waals surface area contributed by atoms with Crippen LogP contribution in [0.2, 0.25) is 0 Å². The van der Waals surface area contributed by atoms with Gasteiger partial charge in [0, 0.05) is 13.6 Å². The highest BCUT2D eigenvalue weighted by Crippen LogP contribution is 2.28. The molecule has 0 radical (unpaired) electrons. The number of methoxy groups -OCH3 is 1. The molecule has 0 aliphatic carbocycles. The summed E-state index contributed by atoms with van der Waals surface area (Å²) in [6, 6.07) is 8.38. The number of benzene rings is 1. The molecule has 0 fully saturated rings. The molecule has 20 heavy (non-hydrogen) atoms. The predicted molar refractivity (Wildman–Crippen MR) is 81.3 cm³/mol. The Morgan fingerprint density at radius 3 is 2.45 bits per heavy atom. The van der Waals surface area contributed by atoms with Crippen LogP contribution in [0, 0.1) is 0 Å². The van der Waals surface area contributed by atoms with Crippen molar-refractivity contribution in [2.75, 3.05) is 24.8 Å². The number of aryl methyl sites for hydroxylation is 1. The van der Waals surface area contributed by atoms with Crippen molar-refractivity contribution in [1.29, 1.82) is 0 Å². The number of nitrogens with one attached hydrogen (secondary N) is 2. The Morgan fingerprint density at radius 2 is 1.80 bits per heavy atom. The van der Waals surface area contributed by atoms with E-state index in [0.717, 1.165) is 6.42 Å². The van der Waals surface area contributed by atoms with Crippen LogP contribution in [0.15, 0.2) is 30.6 Å². The van der Waals surface area contributed by atoms with Gasteiger partial charge in [-0.1, -0.05) is 31.2 Å². The average Bonchev–Trinajstić information content (AvgIpc) is 2.52. The van der Waals surface area contributed by atoms with Crippen molar-refractivity contribution >= 4 is 11.6 Å². The third-order valence-corrected chi connectivity index (χ3v) is 3.19. The van der Waals surface area contributed by atoms with Gasteiger partial charge in [-0.05, 0) is 17.5 Å². The smallest absolute Gasteiger partial charge is 0.204 e. The van der Waals surface area contributed by atoms with Crippen LogP contribution in [-0.4, -0.2) is 24.1 Å². The van der Waals surface area contributed by atoms with E-state index < -0.39 is 0 Å². The number of hydrogen-bond donors (Lipinski definition) is 2. The Morgan fingerprint density at radius 1 is 1.10 bits per heavy atom. The summed E-state index contributed by atoms with van der Waals surface area (Å²) in [6.45, 7) is 2.86. The van der Waals surface area contributed by atoms with Gasteiger partial charge in [-0.25, -0.2) is 9.97 Å². The first-order valence-electron chi connectivity index (χ1n) is 6.67. The zero-order valence-electron chi connectivity index (χ0n) is 12.1. The maximum Gasteiger partial charge on any atom is 0.204 e. The molecule has 0 unspecified atom stereocenters. The molecule has 2 rings (SSSR count). The Hall–Kier alpha value is -2.30. The van der Waals surface area contributed by atoms with Gasteiger partial charge in [0.2, 0.25) is 5.75 Å². The number of rotatable bonds is 6. The molecule has 0 aliphatic rings. The van der Waals surface area contributed by atoms with E-state index >= 15 is 0 Å². The van der Waals surface area contributed by atoms with E-state index in [1.54, 1.807) is 14.2 Å². The van der Waals surface area contributed by atoms with Crippen molar-refractivity contribution in [3.8, 4) is 5.75 Å². The molecule has 0 atom stereocenters. The largest absolute Gasteiger partial charge is 0.490 e. The van der Waals surface area contributed by atoms with Gasteiger partial charge in [0.05, 0.1) is 7.11 Å². The van der Waals surface area contributed by atoms with Gasteiger partial charge in [-0.15, -0.1) is 0 Å². The highest BCUT2D eigenvalue weighted by atomic mass is 16.5. The highest BCUT2D eigenvalue weighted by Gasteiger charge is 2.11. The van der Waals surface area contributed by atoms with Crippen molar-refractivity contribution in [2.24, 2.45) is 0 Å². The molecule has 0 aliphatic heterocycles. The first-order chi connectivity index (χ1) is 9.80. The summed E-state index contributed by atoms with van der Waals surface area (Å²) in [7, 11) is 3.42. The highest BCUT2D eigenvalue weighted by molar-refractivity contribution is 5.63. The molecule has 0 saturated heterocycles. The van der Waals surface area contributed by atoms with Gasteiger partial charge >= 0.3 is 0 Å². The topological polar surface area (TPSA) is 59.1 Å². The molecule has 106 valence electrons. The summed E-state index contributed by atoms with van der Waals surface area (Å²) in [6.07, 6.45) is 2.53. The number of aromatic nitrogens is 2. The Kier molecular flexibility index (Phi) is 4.76. The quantitative estimate of drug-likeness (QED) is 0.846. The third kappa shape index (κ3) is 2.99. The fraction of sp³-hybridized carbons (Fsp3) is 0.333. The zero-order valence-corrected chi connectivity index (χ0v) is 12.1. The molecule has 5 heteroatoms. The van der Waals surface area contributed by atoms with Gasteiger partial charge in [0.1, 0.15) is 6.33 Å². The predicted octanol–water partition coefficient (Wildman–Crippen LogP) is 2.70. The molecule has 1 heterocycles. The van der Waals surface area contributed by atoms with Crippen LogP contribution in [0.3, 0.4) is 0 Å². The maximum atomic E-state index is 5.36. The molecular formula is C15H20N4O. The van der Waals surface area contributed by atoms with Crippen LogP contribution >= 0.6 is 0 Å². The minimum atomic E-state index is 0.629. The molecule has 1 aromatic carbocycles. The van der Waals surface area contributed by atoms with E-state index in [-0.39, 0.29) is 0 Å². The van der Waals surface area contributed by atoms with E-state index in [0.29, 0.717) is 23.9 Å². The summed E-state index contributed by atoms with van der Waals surface area (Å²) >= 11 is 0. The minimum Gasteiger partial charge on any atom is -0.490 e. The maximum absolute atomic E-state index is 5.36. The normalized spacial score (nSPS) is 10.2. The van der Waals surface area contributed by atoms with Crippen molar-refractivity contribution in [3.63, 3.8) is 0 Å². The average molecular weight is 272 g/mol. The molecule has 0 bridgehead atoms. The fourth-order valence-electron chi connectivity index (χ4n) is 2.12. The van der Waals surface area contributed by atoms with Gasteiger partial charge in [0.25, 0.3) is 0 Å². The Labute approximate surface area is 119 Å². The molecule has 5 nitrogen and oxygen atoms in total. The van der Waals surface area contributed by atoms with Crippen LogP contribution in [-0.2, 0) is 13.0 Å². The van der Waals surface area contributed by atoms with E-state index in [1.165, 1.54) is 17.5 Å². The summed E-state index contributed by atoms with van der Waals surface area (Å²) in [5.41, 5.74) is 2.60. The lowest BCUT2D eigenvalue weighted by molar-refractivity contribution is 0.415. The van der Waals surface area contributed by atoms with Crippen molar-refractivity contribution in [2.45, 2.75) is 19.9 Å². The number of ether oxygens (including phenoxy) is 1. The number of hydrogen-bond acceptors (Lipinski definition) is 5. The standard InChI is InChI=1S/C15H20N4O/c1-4-11-7-5-6-8-12(11)9-17-15-13(20-3)14(16-2)18-10-19-15/h5-8,10H,4,9H2,1-3H3,(H2,16,17,18,19). The lowest BCUT2D eigenvalue weighted by Crippen LogP contribution is -2.07. The van der Waals surface area contributed by atoms with Crippen LogP contribution < -0.4 is 15.4 Å². The molecule has 2 aromatic rings. The monoisotopic (exact) mass is 272 g/mol. The minimum absolute atomic E-state index is 0.629. The third-order valence-electron chi connectivity index (χ3n) is 3.19. The van der Waals surface area contributed by atoms with Crippen molar-refractivity contribution in [3.05, 3.63) is 41.7 Å². The van der Waals surface area contributed by atoms with Gasteiger partial charge in [-0.2, -0.15) is 0 Å². The first-order valence-corrected chi connectivity index (χ1v) is 6.67. The van der Waals surface area contributed by atoms with Crippen molar-refractivity contribution in [1.82, 2.24) is 9.97 Å². The molecule has 1 aromatic heterocycles. The molecule has 2 N–H and O–H groups in total. The van der Waals surface area contributed by atoms with Crippen LogP contribution in [0.5, 0.6) is 5.75 Å². The SMILES string of the molecule is CCc1ccccc1CNc1ncnc(NC)c1OC. The van der Waals surface area contributed by atoms with Gasteiger partial charge < -0.3 is 15.4 Å². The van der Waals surface area contributed by atoms with E-state index in [1.807, 2.05) is 6.07 Å². The molecule has 0 spiro atoms. The first kappa shape index (κ1) is 14.1. The second-order valence-corrected chi connectivity index (χ2v) is 4.33. The summed E-state index contributed by atoms with van der Waals surface area (Å²) in [5, 5.41) is 6.31. The van der Waals surface area contributed by atoms with E-state index in [2.05, 4.69) is 45.7 Å². The Bertz CT molecular complexity index is 572. The summed E-state index contributed by atoms with van der Waals surface area (Å²) in [5.74, 6) is 2.00. The summed E-state index contributed by atoms with van der Waals surface area (Å²) < 4.78 is 5.36. The van der Waals surface area contributed by atoms with Crippen LogP contribution in [0.1, 0.15) is 18.1 Å². The van der Waals surface area contributed by atoms with Crippen LogP contribution in [0.25, 0.3) is 0 Å². The lowest BCUT2D eigenvalue weighted by atomic mass is 10.1. The molecule has 0 amide bonds. The molecular weight excluding hydrogens is 252 g/mol. The van der Waals surface area contributed by atoms with E-state index in [9.17, 15) is 0 Å². The summed E-state index contributed by atoms with van der Waals surface area (Å²) in [4.78, 5) is 8.37. The van der Waals surface area contributed by atoms with Crippen molar-refractivity contribution < 1.29 is 4.74 Å². The van der Waals surface area contributed by atoms with Crippen LogP contribution in [0.4, 0.5) is 11.6 Å².